The van der Waals surface area contributed by atoms with E-state index in [1.54, 1.807) is 0 Å². The van der Waals surface area contributed by atoms with E-state index in [4.69, 9.17) is 0 Å². The van der Waals surface area contributed by atoms with E-state index in [2.05, 4.69) is 59.8 Å². The highest BCUT2D eigenvalue weighted by molar-refractivity contribution is 14.1. The molecule has 0 radical (unpaired) electrons. The predicted molar refractivity (Wildman–Crippen MR) is 60.5 cm³/mol. The topological polar surface area (TPSA) is 15.8 Å². The van der Waals surface area contributed by atoms with Gasteiger partial charge in [0.25, 0.3) is 0 Å². The summed E-state index contributed by atoms with van der Waals surface area (Å²) in [7, 11) is 0. The van der Waals surface area contributed by atoms with Crippen molar-refractivity contribution in [2.75, 3.05) is 0 Å². The van der Waals surface area contributed by atoms with Crippen LogP contribution in [0.3, 0.4) is 0 Å². The average Bonchev–Trinajstić information content (AvgIpc) is 2.42. The quantitative estimate of drug-likeness (QED) is 0.707. The number of benzene rings is 1. The number of halogens is 1. The highest BCUT2D eigenvalue weighted by Gasteiger charge is 2.04. The minimum Gasteiger partial charge on any atom is -0.361 e. The van der Waals surface area contributed by atoms with E-state index in [1.807, 2.05) is 0 Å². The molecular formula is C10H10IN. The number of rotatable bonds is 0. The third-order valence-electron chi connectivity index (χ3n) is 2.19. The summed E-state index contributed by atoms with van der Waals surface area (Å²) in [6.45, 7) is 4.27. The fourth-order valence-electron chi connectivity index (χ4n) is 1.51. The number of hydrogen-bond donors (Lipinski definition) is 1. The number of hydrogen-bond acceptors (Lipinski definition) is 0. The Morgan fingerprint density at radius 1 is 1.17 bits per heavy atom. The maximum atomic E-state index is 3.29. The van der Waals surface area contributed by atoms with Gasteiger partial charge in [-0.25, -0.2) is 0 Å². The molecule has 62 valence electrons. The van der Waals surface area contributed by atoms with Crippen molar-refractivity contribution >= 4 is 33.5 Å². The van der Waals surface area contributed by atoms with Crippen molar-refractivity contribution < 1.29 is 0 Å². The van der Waals surface area contributed by atoms with Crippen molar-refractivity contribution in [3.05, 3.63) is 33.0 Å². The van der Waals surface area contributed by atoms with E-state index >= 15 is 0 Å². The Balaban J connectivity index is 2.98. The molecule has 1 aromatic carbocycles. The second-order valence-electron chi connectivity index (χ2n) is 3.09. The van der Waals surface area contributed by atoms with Crippen molar-refractivity contribution in [2.45, 2.75) is 13.8 Å². The van der Waals surface area contributed by atoms with Crippen LogP contribution in [0.5, 0.6) is 0 Å². The molecule has 2 aromatic rings. The number of H-pyrrole nitrogens is 1. The molecule has 0 atom stereocenters. The second kappa shape index (κ2) is 2.76. The molecule has 1 nitrogen and oxygen atoms in total. The van der Waals surface area contributed by atoms with Crippen molar-refractivity contribution in [1.82, 2.24) is 4.98 Å². The molecule has 0 spiro atoms. The summed E-state index contributed by atoms with van der Waals surface area (Å²) in [5, 5.41) is 1.37. The summed E-state index contributed by atoms with van der Waals surface area (Å²) in [4.78, 5) is 3.29. The number of aromatic amines is 1. The van der Waals surface area contributed by atoms with Crippen molar-refractivity contribution in [1.29, 1.82) is 0 Å². The predicted octanol–water partition coefficient (Wildman–Crippen LogP) is 3.39. The lowest BCUT2D eigenvalue weighted by atomic mass is 10.1. The molecule has 0 saturated carbocycles. The zero-order chi connectivity index (χ0) is 8.72. The van der Waals surface area contributed by atoms with Crippen LogP contribution in [0.4, 0.5) is 0 Å². The molecular weight excluding hydrogens is 261 g/mol. The molecule has 2 heteroatoms. The highest BCUT2D eigenvalue weighted by atomic mass is 127. The average molecular weight is 271 g/mol. The van der Waals surface area contributed by atoms with Crippen LogP contribution in [0.25, 0.3) is 10.9 Å². The van der Waals surface area contributed by atoms with E-state index in [0.717, 1.165) is 0 Å². The van der Waals surface area contributed by atoms with E-state index < -0.39 is 0 Å². The largest absolute Gasteiger partial charge is 0.361 e. The summed E-state index contributed by atoms with van der Waals surface area (Å²) in [6.07, 6.45) is 2.07. The lowest BCUT2D eigenvalue weighted by Crippen LogP contribution is -1.79. The van der Waals surface area contributed by atoms with Gasteiger partial charge in [-0.1, -0.05) is 6.07 Å². The molecule has 0 amide bonds. The van der Waals surface area contributed by atoms with Crippen LogP contribution in [0.15, 0.2) is 18.3 Å². The highest BCUT2D eigenvalue weighted by Crippen LogP contribution is 2.25. The smallest absolute Gasteiger partial charge is 0.0497 e. The third kappa shape index (κ3) is 1.05. The van der Waals surface area contributed by atoms with Gasteiger partial charge in [0.05, 0.1) is 0 Å². The Morgan fingerprint density at radius 3 is 2.58 bits per heavy atom. The number of aromatic nitrogens is 1. The van der Waals surface area contributed by atoms with Crippen LogP contribution in [-0.4, -0.2) is 4.98 Å². The van der Waals surface area contributed by atoms with Crippen molar-refractivity contribution in [3.8, 4) is 0 Å². The molecule has 0 bridgehead atoms. The Hall–Kier alpha value is -0.510. The summed E-state index contributed by atoms with van der Waals surface area (Å²) in [6, 6.07) is 4.32. The number of aryl methyl sites for hydroxylation is 2. The van der Waals surface area contributed by atoms with Crippen LogP contribution in [0.2, 0.25) is 0 Å². The van der Waals surface area contributed by atoms with Crippen molar-refractivity contribution in [2.24, 2.45) is 0 Å². The summed E-state index contributed by atoms with van der Waals surface area (Å²) < 4.78 is 1.33. The first-order valence-corrected chi connectivity index (χ1v) is 5.01. The van der Waals surface area contributed by atoms with Crippen LogP contribution in [0.1, 0.15) is 11.1 Å². The Kier molecular flexibility index (Phi) is 1.87. The normalized spacial score (nSPS) is 10.9. The zero-order valence-corrected chi connectivity index (χ0v) is 9.27. The van der Waals surface area contributed by atoms with Crippen LogP contribution >= 0.6 is 22.6 Å². The molecule has 0 aliphatic heterocycles. The molecule has 0 unspecified atom stereocenters. The molecule has 0 fully saturated rings. The molecule has 2 rings (SSSR count). The summed E-state index contributed by atoms with van der Waals surface area (Å²) >= 11 is 2.38. The SMILES string of the molecule is Cc1ccc(I)c2c(C)c[nH]c12. The molecule has 1 heterocycles. The maximum absolute atomic E-state index is 3.29. The standard InChI is InChI=1S/C10H10IN/c1-6-3-4-8(11)9-7(2)5-12-10(6)9/h3-5,12H,1-2H3. The van der Waals surface area contributed by atoms with Gasteiger partial charge in [0.2, 0.25) is 0 Å². The molecule has 0 saturated heterocycles. The van der Waals surface area contributed by atoms with E-state index in [1.165, 1.54) is 25.6 Å². The summed E-state index contributed by atoms with van der Waals surface area (Å²) in [5.41, 5.74) is 3.93. The van der Waals surface area contributed by atoms with Gasteiger partial charge < -0.3 is 4.98 Å². The van der Waals surface area contributed by atoms with Gasteiger partial charge in [-0.2, -0.15) is 0 Å². The fraction of sp³-hybridized carbons (Fsp3) is 0.200. The minimum atomic E-state index is 1.28. The molecule has 0 aliphatic carbocycles. The van der Waals surface area contributed by atoms with Crippen LogP contribution in [-0.2, 0) is 0 Å². The van der Waals surface area contributed by atoms with Gasteiger partial charge in [0, 0.05) is 20.7 Å². The lowest BCUT2D eigenvalue weighted by Gasteiger charge is -1.98. The van der Waals surface area contributed by atoms with E-state index in [0.29, 0.717) is 0 Å². The Morgan fingerprint density at radius 2 is 1.92 bits per heavy atom. The van der Waals surface area contributed by atoms with Gasteiger partial charge >= 0.3 is 0 Å². The first-order valence-electron chi connectivity index (χ1n) is 3.93. The molecule has 1 N–H and O–H groups in total. The fourth-order valence-corrected chi connectivity index (χ4v) is 2.38. The van der Waals surface area contributed by atoms with Gasteiger partial charge in [0.15, 0.2) is 0 Å². The van der Waals surface area contributed by atoms with E-state index in [9.17, 15) is 0 Å². The maximum Gasteiger partial charge on any atom is 0.0497 e. The summed E-state index contributed by atoms with van der Waals surface area (Å²) in [5.74, 6) is 0. The monoisotopic (exact) mass is 271 g/mol. The molecule has 0 aliphatic rings. The number of nitrogens with one attached hydrogen (secondary N) is 1. The first-order chi connectivity index (χ1) is 5.70. The molecule has 12 heavy (non-hydrogen) atoms. The Labute approximate surface area is 85.3 Å². The van der Waals surface area contributed by atoms with E-state index in [-0.39, 0.29) is 0 Å². The lowest BCUT2D eigenvalue weighted by molar-refractivity contribution is 1.40. The first kappa shape index (κ1) is 8.10. The minimum absolute atomic E-state index is 1.28. The van der Waals surface area contributed by atoms with Crippen LogP contribution < -0.4 is 0 Å². The zero-order valence-electron chi connectivity index (χ0n) is 7.11. The third-order valence-corrected chi connectivity index (χ3v) is 3.09. The van der Waals surface area contributed by atoms with Gasteiger partial charge in [-0.15, -0.1) is 0 Å². The molecule has 1 aromatic heterocycles. The Bertz CT molecular complexity index is 429. The van der Waals surface area contributed by atoms with Crippen LogP contribution in [0, 0.1) is 17.4 Å². The van der Waals surface area contributed by atoms with Crippen molar-refractivity contribution in [3.63, 3.8) is 0 Å². The van der Waals surface area contributed by atoms with Gasteiger partial charge in [0.1, 0.15) is 0 Å². The van der Waals surface area contributed by atoms with Gasteiger partial charge in [-0.05, 0) is 53.6 Å². The second-order valence-corrected chi connectivity index (χ2v) is 4.25. The van der Waals surface area contributed by atoms with Gasteiger partial charge in [-0.3, -0.25) is 0 Å². The number of fused-ring (bicyclic) bond motifs is 1.